The van der Waals surface area contributed by atoms with Gasteiger partial charge in [0, 0.05) is 6.07 Å². The second-order valence-corrected chi connectivity index (χ2v) is 3.65. The van der Waals surface area contributed by atoms with Crippen LogP contribution in [0.15, 0.2) is 28.8 Å². The van der Waals surface area contributed by atoms with Gasteiger partial charge in [-0.15, -0.1) is 0 Å². The van der Waals surface area contributed by atoms with Gasteiger partial charge in [0.1, 0.15) is 0 Å². The second-order valence-electron chi connectivity index (χ2n) is 3.65. The molecule has 1 heterocycles. The Hall–Kier alpha value is -2.50. The van der Waals surface area contributed by atoms with Crippen LogP contribution in [-0.2, 0) is 0 Å². The molecule has 0 unspecified atom stereocenters. The van der Waals surface area contributed by atoms with Crippen LogP contribution in [0, 0.1) is 0 Å². The molecule has 2 aromatic rings. The number of benzene rings is 1. The largest absolute Gasteiger partial charge is 0.493 e. The highest BCUT2D eigenvalue weighted by Gasteiger charge is 2.18. The first-order chi connectivity index (χ1) is 9.17. The Morgan fingerprint density at radius 3 is 2.84 bits per heavy atom. The van der Waals surface area contributed by atoms with Crippen molar-refractivity contribution in [1.82, 2.24) is 5.16 Å². The molecule has 0 amide bonds. The number of hydrogen-bond donors (Lipinski definition) is 1. The van der Waals surface area contributed by atoms with Gasteiger partial charge in [0.25, 0.3) is 0 Å². The summed E-state index contributed by atoms with van der Waals surface area (Å²) in [4.78, 5) is 10.8. The van der Waals surface area contributed by atoms with Gasteiger partial charge < -0.3 is 19.1 Å². The van der Waals surface area contributed by atoms with E-state index >= 15 is 0 Å². The van der Waals surface area contributed by atoms with Crippen molar-refractivity contribution in [3.05, 3.63) is 30.0 Å². The molecule has 0 fully saturated rings. The van der Waals surface area contributed by atoms with E-state index in [0.717, 1.165) is 0 Å². The fraction of sp³-hybridized carbons (Fsp3) is 0.231. The van der Waals surface area contributed by atoms with Crippen molar-refractivity contribution in [2.45, 2.75) is 6.92 Å². The van der Waals surface area contributed by atoms with E-state index in [9.17, 15) is 4.79 Å². The summed E-state index contributed by atoms with van der Waals surface area (Å²) in [5.41, 5.74) is 0.446. The highest BCUT2D eigenvalue weighted by molar-refractivity contribution is 5.87. The maximum absolute atomic E-state index is 10.8. The lowest BCUT2D eigenvalue weighted by Crippen LogP contribution is -1.97. The molecule has 0 aliphatic carbocycles. The molecule has 0 aliphatic heterocycles. The number of methoxy groups -OCH3 is 1. The molecule has 0 spiro atoms. The van der Waals surface area contributed by atoms with E-state index in [1.165, 1.54) is 13.2 Å². The summed E-state index contributed by atoms with van der Waals surface area (Å²) in [6.45, 7) is 2.30. The average molecular weight is 263 g/mol. The third-order valence-electron chi connectivity index (χ3n) is 2.48. The second kappa shape index (κ2) is 5.43. The van der Waals surface area contributed by atoms with E-state index in [0.29, 0.717) is 29.4 Å². The van der Waals surface area contributed by atoms with Gasteiger partial charge >= 0.3 is 5.97 Å². The van der Waals surface area contributed by atoms with Crippen LogP contribution in [0.2, 0.25) is 0 Å². The fourth-order valence-electron chi connectivity index (χ4n) is 1.67. The fourth-order valence-corrected chi connectivity index (χ4v) is 1.67. The van der Waals surface area contributed by atoms with Gasteiger partial charge in [-0.3, -0.25) is 0 Å². The summed E-state index contributed by atoms with van der Waals surface area (Å²) < 4.78 is 15.8. The quantitative estimate of drug-likeness (QED) is 0.892. The highest BCUT2D eigenvalue weighted by atomic mass is 16.5. The smallest absolute Gasteiger partial charge is 0.358 e. The zero-order chi connectivity index (χ0) is 13.8. The minimum Gasteiger partial charge on any atom is -0.493 e. The van der Waals surface area contributed by atoms with Crippen molar-refractivity contribution in [2.75, 3.05) is 13.7 Å². The molecule has 1 aromatic carbocycles. The number of nitrogens with zero attached hydrogens (tertiary/aromatic N) is 1. The minimum absolute atomic E-state index is 0.153. The van der Waals surface area contributed by atoms with Crippen LogP contribution < -0.4 is 9.47 Å². The van der Waals surface area contributed by atoms with Crippen LogP contribution in [-0.4, -0.2) is 29.9 Å². The van der Waals surface area contributed by atoms with E-state index in [1.54, 1.807) is 18.2 Å². The molecule has 1 aromatic heterocycles. The highest BCUT2D eigenvalue weighted by Crippen LogP contribution is 2.38. The number of hydrogen-bond acceptors (Lipinski definition) is 5. The topological polar surface area (TPSA) is 81.8 Å². The third kappa shape index (κ3) is 2.52. The third-order valence-corrected chi connectivity index (χ3v) is 2.48. The Balaban J connectivity index is 2.50. The van der Waals surface area contributed by atoms with Crippen LogP contribution in [0.1, 0.15) is 17.4 Å². The van der Waals surface area contributed by atoms with E-state index in [4.69, 9.17) is 19.1 Å². The first kappa shape index (κ1) is 12.9. The van der Waals surface area contributed by atoms with Crippen molar-refractivity contribution in [2.24, 2.45) is 0 Å². The summed E-state index contributed by atoms with van der Waals surface area (Å²) in [7, 11) is 1.53. The van der Waals surface area contributed by atoms with Crippen molar-refractivity contribution < 1.29 is 23.9 Å². The van der Waals surface area contributed by atoms with Gasteiger partial charge in [0.05, 0.1) is 19.3 Å². The summed E-state index contributed by atoms with van der Waals surface area (Å²) in [6, 6.07) is 6.61. The number of aromatic carboxylic acids is 1. The molecule has 2 rings (SSSR count). The Morgan fingerprint density at radius 1 is 1.47 bits per heavy atom. The molecule has 19 heavy (non-hydrogen) atoms. The lowest BCUT2D eigenvalue weighted by Gasteiger charge is -2.11. The Morgan fingerprint density at radius 2 is 2.26 bits per heavy atom. The van der Waals surface area contributed by atoms with Crippen molar-refractivity contribution >= 4 is 5.97 Å². The number of rotatable bonds is 5. The predicted octanol–water partition coefficient (Wildman–Crippen LogP) is 2.45. The van der Waals surface area contributed by atoms with Gasteiger partial charge in [-0.2, -0.15) is 0 Å². The molecule has 0 bridgehead atoms. The predicted molar refractivity (Wildman–Crippen MR) is 66.6 cm³/mol. The van der Waals surface area contributed by atoms with Crippen molar-refractivity contribution in [3.63, 3.8) is 0 Å². The zero-order valence-corrected chi connectivity index (χ0v) is 10.5. The maximum atomic E-state index is 10.8. The van der Waals surface area contributed by atoms with E-state index in [2.05, 4.69) is 5.16 Å². The first-order valence-electron chi connectivity index (χ1n) is 5.67. The lowest BCUT2D eigenvalue weighted by molar-refractivity contribution is 0.0686. The van der Waals surface area contributed by atoms with Gasteiger partial charge in [-0.25, -0.2) is 4.79 Å². The summed E-state index contributed by atoms with van der Waals surface area (Å²) in [5.74, 6) is 0.226. The van der Waals surface area contributed by atoms with Crippen LogP contribution in [0.4, 0.5) is 0 Å². The number of carbonyl (C=O) groups is 1. The van der Waals surface area contributed by atoms with E-state index < -0.39 is 5.97 Å². The van der Waals surface area contributed by atoms with Crippen molar-refractivity contribution in [3.8, 4) is 22.8 Å². The molecule has 100 valence electrons. The molecule has 0 atom stereocenters. The molecule has 6 nitrogen and oxygen atoms in total. The van der Waals surface area contributed by atoms with Crippen molar-refractivity contribution in [1.29, 1.82) is 0 Å². The normalized spacial score (nSPS) is 10.2. The Labute approximate surface area is 109 Å². The van der Waals surface area contributed by atoms with E-state index in [-0.39, 0.29) is 5.69 Å². The number of para-hydroxylation sites is 1. The van der Waals surface area contributed by atoms with Gasteiger partial charge in [0.15, 0.2) is 23.0 Å². The van der Waals surface area contributed by atoms with Crippen LogP contribution in [0.5, 0.6) is 11.5 Å². The van der Waals surface area contributed by atoms with Crippen LogP contribution in [0.3, 0.4) is 0 Å². The summed E-state index contributed by atoms with van der Waals surface area (Å²) in [5, 5.41) is 12.3. The summed E-state index contributed by atoms with van der Waals surface area (Å²) in [6.07, 6.45) is 0. The molecule has 0 aliphatic rings. The minimum atomic E-state index is -1.14. The van der Waals surface area contributed by atoms with Gasteiger partial charge in [-0.1, -0.05) is 11.2 Å². The Kier molecular flexibility index (Phi) is 3.70. The Bertz CT molecular complexity index is 590. The van der Waals surface area contributed by atoms with Crippen LogP contribution in [0.25, 0.3) is 11.3 Å². The standard InChI is InChI=1S/C13H13NO5/c1-3-18-12-8(5-4-6-10(12)17-2)11-7-9(13(15)16)14-19-11/h4-7H,3H2,1-2H3,(H,15,16). The maximum Gasteiger partial charge on any atom is 0.358 e. The SMILES string of the molecule is CCOc1c(OC)cccc1-c1cc(C(=O)O)no1. The molecule has 6 heteroatoms. The molecular formula is C13H13NO5. The average Bonchev–Trinajstić information content (AvgIpc) is 2.89. The number of ether oxygens (including phenoxy) is 2. The van der Waals surface area contributed by atoms with Gasteiger partial charge in [0.2, 0.25) is 0 Å². The number of carboxylic acid groups (broad SMARTS) is 1. The van der Waals surface area contributed by atoms with Gasteiger partial charge in [-0.05, 0) is 19.1 Å². The van der Waals surface area contributed by atoms with Crippen LogP contribution >= 0.6 is 0 Å². The monoisotopic (exact) mass is 263 g/mol. The lowest BCUT2D eigenvalue weighted by atomic mass is 10.1. The number of aromatic nitrogens is 1. The number of carboxylic acids is 1. The molecule has 0 radical (unpaired) electrons. The van der Waals surface area contributed by atoms with E-state index in [1.807, 2.05) is 6.92 Å². The molecular weight excluding hydrogens is 250 g/mol. The first-order valence-corrected chi connectivity index (χ1v) is 5.67. The molecule has 0 saturated heterocycles. The zero-order valence-electron chi connectivity index (χ0n) is 10.5. The molecule has 1 N–H and O–H groups in total. The molecule has 0 saturated carbocycles. The summed E-state index contributed by atoms with van der Waals surface area (Å²) >= 11 is 0.